The number of nitrogens with zero attached hydrogens (tertiary/aromatic N) is 3. The second kappa shape index (κ2) is 10.2. The van der Waals surface area contributed by atoms with E-state index in [2.05, 4.69) is 48.3 Å². The Morgan fingerprint density at radius 2 is 2.24 bits per heavy atom. The van der Waals surface area contributed by atoms with Gasteiger partial charge in [0.15, 0.2) is 11.7 Å². The van der Waals surface area contributed by atoms with Gasteiger partial charge in [-0.05, 0) is 36.9 Å². The van der Waals surface area contributed by atoms with Crippen LogP contribution in [0.25, 0.3) is 11.6 Å². The Hall–Kier alpha value is -1.88. The van der Waals surface area contributed by atoms with Gasteiger partial charge in [-0.1, -0.05) is 6.07 Å². The number of nitrogens with one attached hydrogen (secondary N) is 3. The van der Waals surface area contributed by atoms with Crippen LogP contribution >= 0.6 is 35.3 Å². The lowest BCUT2D eigenvalue weighted by Gasteiger charge is -2.10. The van der Waals surface area contributed by atoms with Crippen molar-refractivity contribution in [2.75, 3.05) is 13.1 Å². The van der Waals surface area contributed by atoms with Crippen molar-refractivity contribution < 1.29 is 4.42 Å². The molecule has 3 rings (SSSR count). The van der Waals surface area contributed by atoms with E-state index >= 15 is 0 Å². The molecule has 0 aromatic carbocycles. The first-order chi connectivity index (χ1) is 11.8. The van der Waals surface area contributed by atoms with Crippen LogP contribution in [0, 0.1) is 0 Å². The monoisotopic (exact) mass is 472 g/mol. The van der Waals surface area contributed by atoms with Crippen molar-refractivity contribution in [3.8, 4) is 11.6 Å². The van der Waals surface area contributed by atoms with E-state index in [4.69, 9.17) is 4.42 Å². The molecule has 9 heteroatoms. The van der Waals surface area contributed by atoms with E-state index < -0.39 is 0 Å². The molecule has 3 aromatic rings. The lowest BCUT2D eigenvalue weighted by molar-refractivity contribution is 0.577. The van der Waals surface area contributed by atoms with Crippen molar-refractivity contribution in [1.82, 2.24) is 25.8 Å². The third-order valence-electron chi connectivity index (χ3n) is 3.25. The molecular formula is C16H21IN6OS. The molecule has 0 saturated carbocycles. The Kier molecular flexibility index (Phi) is 7.92. The molecule has 0 amide bonds. The van der Waals surface area contributed by atoms with Crippen LogP contribution in [-0.2, 0) is 13.0 Å². The van der Waals surface area contributed by atoms with Crippen LogP contribution < -0.4 is 10.6 Å². The molecule has 0 aliphatic heterocycles. The number of thiophene rings is 1. The summed E-state index contributed by atoms with van der Waals surface area (Å²) in [5, 5.41) is 15.7. The summed E-state index contributed by atoms with van der Waals surface area (Å²) in [4.78, 5) is 10.3. The molecule has 3 aromatic heterocycles. The Bertz CT molecular complexity index is 754. The highest BCUT2D eigenvalue weighted by atomic mass is 127. The minimum Gasteiger partial charge on any atom is -0.461 e. The van der Waals surface area contributed by atoms with Crippen LogP contribution in [0.2, 0.25) is 0 Å². The molecule has 0 radical (unpaired) electrons. The van der Waals surface area contributed by atoms with E-state index in [1.807, 2.05) is 19.1 Å². The number of hydrogen-bond donors (Lipinski definition) is 3. The maximum atomic E-state index is 5.28. The zero-order valence-electron chi connectivity index (χ0n) is 13.9. The van der Waals surface area contributed by atoms with Gasteiger partial charge in [0.2, 0.25) is 5.82 Å². The third-order valence-corrected chi connectivity index (χ3v) is 4.18. The van der Waals surface area contributed by atoms with Crippen molar-refractivity contribution in [1.29, 1.82) is 0 Å². The number of hydrogen-bond acceptors (Lipinski definition) is 5. The van der Waals surface area contributed by atoms with Crippen LogP contribution in [0.3, 0.4) is 0 Å². The summed E-state index contributed by atoms with van der Waals surface area (Å²) < 4.78 is 5.28. The summed E-state index contributed by atoms with van der Waals surface area (Å²) in [5.41, 5.74) is 0. The largest absolute Gasteiger partial charge is 0.461 e. The predicted molar refractivity (Wildman–Crippen MR) is 110 cm³/mol. The van der Waals surface area contributed by atoms with Gasteiger partial charge in [-0.25, -0.2) is 9.98 Å². The molecule has 3 N–H and O–H groups in total. The number of H-pyrrole nitrogens is 1. The predicted octanol–water partition coefficient (Wildman–Crippen LogP) is 3.04. The van der Waals surface area contributed by atoms with Crippen molar-refractivity contribution in [2.24, 2.45) is 4.99 Å². The molecule has 0 fully saturated rings. The minimum atomic E-state index is 0. The summed E-state index contributed by atoms with van der Waals surface area (Å²) >= 11 is 1.77. The number of aliphatic imine (C=N–C) groups is 1. The highest BCUT2D eigenvalue weighted by molar-refractivity contribution is 14.0. The van der Waals surface area contributed by atoms with Crippen molar-refractivity contribution in [3.63, 3.8) is 0 Å². The maximum Gasteiger partial charge on any atom is 0.216 e. The molecule has 0 spiro atoms. The van der Waals surface area contributed by atoms with Gasteiger partial charge in [-0.2, -0.15) is 0 Å². The average Bonchev–Trinajstić information content (AvgIpc) is 3.33. The number of rotatable bonds is 7. The van der Waals surface area contributed by atoms with Gasteiger partial charge in [0.25, 0.3) is 0 Å². The van der Waals surface area contributed by atoms with Gasteiger partial charge in [-0.3, -0.25) is 5.10 Å². The summed E-state index contributed by atoms with van der Waals surface area (Å²) in [5.74, 6) is 2.64. The highest BCUT2D eigenvalue weighted by Crippen LogP contribution is 2.14. The minimum absolute atomic E-state index is 0. The van der Waals surface area contributed by atoms with Gasteiger partial charge < -0.3 is 15.1 Å². The molecule has 0 aliphatic rings. The number of furan rings is 1. The van der Waals surface area contributed by atoms with Crippen LogP contribution in [0.4, 0.5) is 0 Å². The first kappa shape index (κ1) is 19.4. The molecule has 0 unspecified atom stereocenters. The molecule has 0 atom stereocenters. The van der Waals surface area contributed by atoms with Crippen LogP contribution in [0.5, 0.6) is 0 Å². The van der Waals surface area contributed by atoms with E-state index in [1.165, 1.54) is 4.88 Å². The second-order valence-electron chi connectivity index (χ2n) is 5.03. The lowest BCUT2D eigenvalue weighted by Crippen LogP contribution is -2.38. The van der Waals surface area contributed by atoms with E-state index in [9.17, 15) is 0 Å². The van der Waals surface area contributed by atoms with Gasteiger partial charge in [-0.15, -0.1) is 40.4 Å². The molecular weight excluding hydrogens is 451 g/mol. The van der Waals surface area contributed by atoms with Crippen molar-refractivity contribution in [3.05, 3.63) is 46.6 Å². The Labute approximate surface area is 167 Å². The molecule has 0 saturated heterocycles. The number of aromatic amines is 1. The fourth-order valence-electron chi connectivity index (χ4n) is 2.14. The molecule has 0 bridgehead atoms. The van der Waals surface area contributed by atoms with Crippen molar-refractivity contribution in [2.45, 2.75) is 19.9 Å². The Morgan fingerprint density at radius 1 is 1.32 bits per heavy atom. The Morgan fingerprint density at radius 3 is 2.96 bits per heavy atom. The quantitative estimate of drug-likeness (QED) is 0.280. The molecule has 25 heavy (non-hydrogen) atoms. The van der Waals surface area contributed by atoms with Crippen molar-refractivity contribution >= 4 is 41.3 Å². The van der Waals surface area contributed by atoms with Gasteiger partial charge in [0.1, 0.15) is 12.4 Å². The zero-order valence-corrected chi connectivity index (χ0v) is 17.0. The number of aromatic nitrogens is 3. The van der Waals surface area contributed by atoms with Gasteiger partial charge >= 0.3 is 0 Å². The lowest BCUT2D eigenvalue weighted by atomic mass is 10.3. The third kappa shape index (κ3) is 5.85. The SMILES string of the molecule is CCNC(=NCc1nc(-c2ccco2)n[nH]1)NCCc1cccs1.I. The molecule has 3 heterocycles. The second-order valence-corrected chi connectivity index (χ2v) is 6.07. The topological polar surface area (TPSA) is 91.1 Å². The summed E-state index contributed by atoms with van der Waals surface area (Å²) in [6, 6.07) is 7.84. The normalized spacial score (nSPS) is 11.2. The first-order valence-electron chi connectivity index (χ1n) is 7.85. The molecule has 0 aliphatic carbocycles. The summed E-state index contributed by atoms with van der Waals surface area (Å²) in [7, 11) is 0. The van der Waals surface area contributed by atoms with E-state index in [1.54, 1.807) is 17.6 Å². The maximum absolute atomic E-state index is 5.28. The number of halogens is 1. The smallest absolute Gasteiger partial charge is 0.216 e. The zero-order chi connectivity index (χ0) is 16.6. The van der Waals surface area contributed by atoms with E-state index in [0.717, 1.165) is 25.5 Å². The average molecular weight is 472 g/mol. The first-order valence-corrected chi connectivity index (χ1v) is 8.73. The van der Waals surface area contributed by atoms with Crippen LogP contribution in [0.15, 0.2) is 45.3 Å². The van der Waals surface area contributed by atoms with E-state index in [-0.39, 0.29) is 24.0 Å². The van der Waals surface area contributed by atoms with Gasteiger partial charge in [0.05, 0.1) is 6.26 Å². The standard InChI is InChI=1S/C16H20N6OS.HI/c1-2-17-16(18-8-7-12-5-4-10-24-12)19-11-14-20-15(22-21-14)13-6-3-9-23-13;/h3-6,9-10H,2,7-8,11H2,1H3,(H2,17,18,19)(H,20,21,22);1H. The highest BCUT2D eigenvalue weighted by Gasteiger charge is 2.08. The van der Waals surface area contributed by atoms with Crippen LogP contribution in [-0.4, -0.2) is 34.2 Å². The fraction of sp³-hybridized carbons (Fsp3) is 0.312. The van der Waals surface area contributed by atoms with E-state index in [0.29, 0.717) is 24.0 Å². The van der Waals surface area contributed by atoms with Gasteiger partial charge in [0, 0.05) is 18.0 Å². The number of guanidine groups is 1. The summed E-state index contributed by atoms with van der Waals surface area (Å²) in [6.45, 7) is 4.10. The fourth-order valence-corrected chi connectivity index (χ4v) is 2.85. The Balaban J connectivity index is 0.00000225. The summed E-state index contributed by atoms with van der Waals surface area (Å²) in [6.07, 6.45) is 2.58. The van der Waals surface area contributed by atoms with Crippen LogP contribution in [0.1, 0.15) is 17.6 Å². The molecule has 134 valence electrons. The molecule has 7 nitrogen and oxygen atoms in total.